The van der Waals surface area contributed by atoms with Gasteiger partial charge in [0.1, 0.15) is 0 Å². The zero-order valence-corrected chi connectivity index (χ0v) is 13.1. The van der Waals surface area contributed by atoms with E-state index in [0.717, 1.165) is 5.56 Å². The van der Waals surface area contributed by atoms with E-state index in [-0.39, 0.29) is 23.7 Å². The molecule has 1 aromatic heterocycles. The Kier molecular flexibility index (Phi) is 3.21. The summed E-state index contributed by atoms with van der Waals surface area (Å²) in [5.41, 5.74) is 2.35. The van der Waals surface area contributed by atoms with Gasteiger partial charge in [0.15, 0.2) is 6.17 Å². The SMILES string of the molecule is CC(F)c1nnc(-c2ccc3c(c2)C(=O)N([C@@H](C)C2CC2)C3)o1. The second kappa shape index (κ2) is 5.15. The third-order valence-electron chi connectivity index (χ3n) is 4.77. The van der Waals surface area contributed by atoms with E-state index in [4.69, 9.17) is 4.42 Å². The van der Waals surface area contributed by atoms with Crippen LogP contribution in [0.2, 0.25) is 0 Å². The highest BCUT2D eigenvalue weighted by molar-refractivity contribution is 5.99. The molecule has 1 unspecified atom stereocenters. The monoisotopic (exact) mass is 315 g/mol. The molecule has 0 spiro atoms. The van der Waals surface area contributed by atoms with Gasteiger partial charge in [-0.3, -0.25) is 4.79 Å². The maximum atomic E-state index is 13.2. The second-order valence-corrected chi connectivity index (χ2v) is 6.44. The zero-order valence-electron chi connectivity index (χ0n) is 13.1. The number of rotatable bonds is 4. The number of halogens is 1. The summed E-state index contributed by atoms with van der Waals surface area (Å²) < 4.78 is 18.5. The van der Waals surface area contributed by atoms with Crippen LogP contribution in [0.15, 0.2) is 22.6 Å². The summed E-state index contributed by atoms with van der Waals surface area (Å²) in [4.78, 5) is 14.6. The zero-order chi connectivity index (χ0) is 16.1. The van der Waals surface area contributed by atoms with Gasteiger partial charge in [-0.25, -0.2) is 4.39 Å². The Balaban J connectivity index is 1.63. The molecule has 0 saturated heterocycles. The van der Waals surface area contributed by atoms with Crippen LogP contribution in [-0.4, -0.2) is 27.0 Å². The van der Waals surface area contributed by atoms with E-state index in [2.05, 4.69) is 17.1 Å². The number of benzene rings is 1. The van der Waals surface area contributed by atoms with E-state index in [1.54, 1.807) is 6.07 Å². The summed E-state index contributed by atoms with van der Waals surface area (Å²) >= 11 is 0. The first-order chi connectivity index (χ1) is 11.0. The van der Waals surface area contributed by atoms with Gasteiger partial charge in [-0.15, -0.1) is 10.2 Å². The van der Waals surface area contributed by atoms with Gasteiger partial charge < -0.3 is 9.32 Å². The number of carbonyl (C=O) groups excluding carboxylic acids is 1. The highest BCUT2D eigenvalue weighted by Crippen LogP contribution is 2.38. The molecule has 120 valence electrons. The van der Waals surface area contributed by atoms with Crippen molar-refractivity contribution in [2.75, 3.05) is 0 Å². The minimum Gasteiger partial charge on any atom is -0.418 e. The van der Waals surface area contributed by atoms with Crippen LogP contribution in [0.25, 0.3) is 11.5 Å². The van der Waals surface area contributed by atoms with Crippen LogP contribution >= 0.6 is 0 Å². The number of fused-ring (bicyclic) bond motifs is 1. The summed E-state index contributed by atoms with van der Waals surface area (Å²) in [6.45, 7) is 4.12. The first-order valence-electron chi connectivity index (χ1n) is 7.96. The number of aromatic nitrogens is 2. The third-order valence-corrected chi connectivity index (χ3v) is 4.77. The third kappa shape index (κ3) is 2.42. The van der Waals surface area contributed by atoms with Crippen molar-refractivity contribution in [3.63, 3.8) is 0 Å². The number of hydrogen-bond acceptors (Lipinski definition) is 4. The Hall–Kier alpha value is -2.24. The first kappa shape index (κ1) is 14.4. The smallest absolute Gasteiger partial charge is 0.254 e. The van der Waals surface area contributed by atoms with Crippen molar-refractivity contribution in [3.05, 3.63) is 35.2 Å². The molecule has 2 heterocycles. The van der Waals surface area contributed by atoms with E-state index < -0.39 is 6.17 Å². The second-order valence-electron chi connectivity index (χ2n) is 6.44. The van der Waals surface area contributed by atoms with Gasteiger partial charge in [0.05, 0.1) is 0 Å². The minimum atomic E-state index is -1.30. The van der Waals surface area contributed by atoms with Gasteiger partial charge in [0.25, 0.3) is 11.8 Å². The number of hydrogen-bond donors (Lipinski definition) is 0. The van der Waals surface area contributed by atoms with Crippen molar-refractivity contribution < 1.29 is 13.6 Å². The van der Waals surface area contributed by atoms with Gasteiger partial charge in [-0.2, -0.15) is 0 Å². The van der Waals surface area contributed by atoms with E-state index in [0.29, 0.717) is 23.6 Å². The standard InChI is InChI=1S/C17H18FN3O2/c1-9(18)15-19-20-16(23-15)12-5-6-13-8-21(10(2)11-3-4-11)17(22)14(13)7-12/h5-7,9-11H,3-4,8H2,1-2H3/t9?,10-/m0/s1. The lowest BCUT2D eigenvalue weighted by atomic mass is 10.1. The summed E-state index contributed by atoms with van der Waals surface area (Å²) in [6.07, 6.45) is 1.11. The molecule has 0 N–H and O–H groups in total. The number of amides is 1. The van der Waals surface area contributed by atoms with Crippen LogP contribution in [0.1, 0.15) is 54.7 Å². The molecule has 1 aromatic carbocycles. The van der Waals surface area contributed by atoms with E-state index in [1.165, 1.54) is 19.8 Å². The fourth-order valence-electron chi connectivity index (χ4n) is 3.13. The highest BCUT2D eigenvalue weighted by Gasteiger charge is 2.38. The molecule has 6 heteroatoms. The van der Waals surface area contributed by atoms with Gasteiger partial charge in [0, 0.05) is 23.7 Å². The quantitative estimate of drug-likeness (QED) is 0.866. The molecule has 1 saturated carbocycles. The van der Waals surface area contributed by atoms with Crippen LogP contribution < -0.4 is 0 Å². The Morgan fingerprint density at radius 2 is 2.09 bits per heavy atom. The summed E-state index contributed by atoms with van der Waals surface area (Å²) in [6, 6.07) is 5.82. The van der Waals surface area contributed by atoms with E-state index in [1.807, 2.05) is 17.0 Å². The predicted molar refractivity (Wildman–Crippen MR) is 81.3 cm³/mol. The van der Waals surface area contributed by atoms with Gasteiger partial charge in [-0.05, 0) is 50.3 Å². The molecule has 1 amide bonds. The van der Waals surface area contributed by atoms with Gasteiger partial charge in [0.2, 0.25) is 5.89 Å². The molecule has 4 rings (SSSR count). The number of nitrogens with zero attached hydrogens (tertiary/aromatic N) is 3. The molecule has 0 radical (unpaired) electrons. The molecule has 0 bridgehead atoms. The normalized spacial score (nSPS) is 19.8. The molecule has 1 fully saturated rings. The molecule has 2 aromatic rings. The highest BCUT2D eigenvalue weighted by atomic mass is 19.1. The van der Waals surface area contributed by atoms with Crippen LogP contribution in [-0.2, 0) is 6.54 Å². The van der Waals surface area contributed by atoms with Crippen molar-refractivity contribution in [2.45, 2.75) is 45.4 Å². The van der Waals surface area contributed by atoms with Crippen molar-refractivity contribution >= 4 is 5.91 Å². The van der Waals surface area contributed by atoms with Crippen LogP contribution in [0.5, 0.6) is 0 Å². The summed E-state index contributed by atoms with van der Waals surface area (Å²) in [5, 5.41) is 7.56. The summed E-state index contributed by atoms with van der Waals surface area (Å²) in [5.74, 6) is 0.890. The molecule has 2 aliphatic rings. The Labute approximate surface area is 133 Å². The fourth-order valence-corrected chi connectivity index (χ4v) is 3.13. The lowest BCUT2D eigenvalue weighted by molar-refractivity contribution is 0.0697. The van der Waals surface area contributed by atoms with E-state index >= 15 is 0 Å². The predicted octanol–water partition coefficient (Wildman–Crippen LogP) is 3.52. The van der Waals surface area contributed by atoms with Crippen molar-refractivity contribution in [1.82, 2.24) is 15.1 Å². The minimum absolute atomic E-state index is 0.0455. The average molecular weight is 315 g/mol. The molecule has 1 aliphatic carbocycles. The maximum absolute atomic E-state index is 13.2. The lowest BCUT2D eigenvalue weighted by Gasteiger charge is -2.23. The van der Waals surface area contributed by atoms with Crippen molar-refractivity contribution in [1.29, 1.82) is 0 Å². The van der Waals surface area contributed by atoms with Crippen molar-refractivity contribution in [3.8, 4) is 11.5 Å². The Morgan fingerprint density at radius 3 is 2.74 bits per heavy atom. The first-order valence-corrected chi connectivity index (χ1v) is 7.96. The van der Waals surface area contributed by atoms with Gasteiger partial charge >= 0.3 is 0 Å². The lowest BCUT2D eigenvalue weighted by Crippen LogP contribution is -2.34. The van der Waals surface area contributed by atoms with Crippen LogP contribution in [0, 0.1) is 5.92 Å². The molecule has 1 aliphatic heterocycles. The molecular formula is C17H18FN3O2. The number of alkyl halides is 1. The Morgan fingerprint density at radius 1 is 1.30 bits per heavy atom. The molecular weight excluding hydrogens is 297 g/mol. The van der Waals surface area contributed by atoms with Crippen LogP contribution in [0.3, 0.4) is 0 Å². The maximum Gasteiger partial charge on any atom is 0.254 e. The molecule has 2 atom stereocenters. The topological polar surface area (TPSA) is 59.2 Å². The van der Waals surface area contributed by atoms with Gasteiger partial charge in [-0.1, -0.05) is 6.07 Å². The summed E-state index contributed by atoms with van der Waals surface area (Å²) in [7, 11) is 0. The molecule has 5 nitrogen and oxygen atoms in total. The van der Waals surface area contributed by atoms with E-state index in [9.17, 15) is 9.18 Å². The molecule has 23 heavy (non-hydrogen) atoms. The van der Waals surface area contributed by atoms with Crippen LogP contribution in [0.4, 0.5) is 4.39 Å². The van der Waals surface area contributed by atoms with Crippen molar-refractivity contribution in [2.24, 2.45) is 5.92 Å². The largest absolute Gasteiger partial charge is 0.418 e. The average Bonchev–Trinajstić information content (AvgIpc) is 3.17. The fraction of sp³-hybridized carbons (Fsp3) is 0.471. The number of carbonyl (C=O) groups is 1. The Bertz CT molecular complexity index is 767.